The van der Waals surface area contributed by atoms with Crippen LogP contribution in [0.3, 0.4) is 0 Å². The van der Waals surface area contributed by atoms with Crippen molar-refractivity contribution in [2.45, 2.75) is 49.3 Å². The molecule has 1 aromatic carbocycles. The van der Waals surface area contributed by atoms with Gasteiger partial charge in [-0.1, -0.05) is 31.4 Å². The SMILES string of the molecule is CC(=O)Oc1ccccc1C(=O)Nc1nc(S(=O)C2CCCCC2)cs1. The van der Waals surface area contributed by atoms with Gasteiger partial charge in [0, 0.05) is 17.6 Å². The molecule has 26 heavy (non-hydrogen) atoms. The zero-order valence-corrected chi connectivity index (χ0v) is 16.0. The standard InChI is InChI=1S/C18H20N2O4S2/c1-12(21)24-15-10-6-5-9-14(15)17(22)20-18-19-16(11-25-18)26(23)13-7-3-2-4-8-13/h5-6,9-11,13H,2-4,7-8H2,1H3,(H,19,20,22). The first-order valence-corrected chi connectivity index (χ1v) is 10.6. The lowest BCUT2D eigenvalue weighted by molar-refractivity contribution is -0.131. The van der Waals surface area contributed by atoms with Crippen LogP contribution in [0.15, 0.2) is 34.7 Å². The predicted octanol–water partition coefficient (Wildman–Crippen LogP) is 3.76. The Morgan fingerprint density at radius 3 is 2.69 bits per heavy atom. The highest BCUT2D eigenvalue weighted by Crippen LogP contribution is 2.28. The highest BCUT2D eigenvalue weighted by atomic mass is 32.2. The number of benzene rings is 1. The summed E-state index contributed by atoms with van der Waals surface area (Å²) in [6.07, 6.45) is 5.34. The number of carbonyl (C=O) groups excluding carboxylic acids is 2. The first-order chi connectivity index (χ1) is 12.5. The number of hydrogen-bond acceptors (Lipinski definition) is 6. The Labute approximate surface area is 158 Å². The van der Waals surface area contributed by atoms with E-state index in [0.29, 0.717) is 10.2 Å². The Hall–Kier alpha value is -2.06. The molecule has 3 rings (SSSR count). The molecule has 1 aromatic heterocycles. The van der Waals surface area contributed by atoms with Gasteiger partial charge < -0.3 is 4.74 Å². The summed E-state index contributed by atoms with van der Waals surface area (Å²) in [7, 11) is -1.14. The highest BCUT2D eigenvalue weighted by molar-refractivity contribution is 7.85. The number of para-hydroxylation sites is 1. The van der Waals surface area contributed by atoms with Gasteiger partial charge in [-0.3, -0.25) is 19.1 Å². The number of nitrogens with one attached hydrogen (secondary N) is 1. The second kappa shape index (κ2) is 8.55. The van der Waals surface area contributed by atoms with Crippen molar-refractivity contribution in [3.63, 3.8) is 0 Å². The van der Waals surface area contributed by atoms with Gasteiger partial charge in [-0.05, 0) is 25.0 Å². The summed E-state index contributed by atoms with van der Waals surface area (Å²) in [5.41, 5.74) is 0.243. The van der Waals surface area contributed by atoms with Crippen LogP contribution in [0.1, 0.15) is 49.4 Å². The van der Waals surface area contributed by atoms with Gasteiger partial charge in [0.2, 0.25) is 0 Å². The summed E-state index contributed by atoms with van der Waals surface area (Å²) in [5.74, 6) is -0.726. The number of rotatable bonds is 5. The minimum atomic E-state index is -1.14. The second-order valence-electron chi connectivity index (χ2n) is 6.09. The summed E-state index contributed by atoms with van der Waals surface area (Å²) >= 11 is 1.24. The molecule has 1 amide bonds. The Balaban J connectivity index is 1.70. The molecule has 0 aliphatic heterocycles. The molecule has 1 fully saturated rings. The lowest BCUT2D eigenvalue weighted by atomic mass is 10.0. The van der Waals surface area contributed by atoms with Gasteiger partial charge in [-0.15, -0.1) is 11.3 Å². The van der Waals surface area contributed by atoms with E-state index in [1.807, 2.05) is 0 Å². The second-order valence-corrected chi connectivity index (χ2v) is 8.63. The van der Waals surface area contributed by atoms with Crippen molar-refractivity contribution in [3.8, 4) is 5.75 Å². The maximum Gasteiger partial charge on any atom is 0.308 e. The Morgan fingerprint density at radius 1 is 1.23 bits per heavy atom. The van der Waals surface area contributed by atoms with Crippen molar-refractivity contribution < 1.29 is 18.5 Å². The van der Waals surface area contributed by atoms with E-state index < -0.39 is 22.7 Å². The van der Waals surface area contributed by atoms with Crippen LogP contribution < -0.4 is 10.1 Å². The zero-order chi connectivity index (χ0) is 18.5. The molecule has 1 atom stereocenters. The fraction of sp³-hybridized carbons (Fsp3) is 0.389. The molecule has 0 bridgehead atoms. The van der Waals surface area contributed by atoms with Crippen LogP contribution in [0.25, 0.3) is 0 Å². The minimum Gasteiger partial charge on any atom is -0.426 e. The molecular formula is C18H20N2O4S2. The van der Waals surface area contributed by atoms with Crippen LogP contribution in [0.5, 0.6) is 5.75 Å². The summed E-state index contributed by atoms with van der Waals surface area (Å²) in [6, 6.07) is 6.50. The van der Waals surface area contributed by atoms with Crippen molar-refractivity contribution in [2.75, 3.05) is 5.32 Å². The average Bonchev–Trinajstić information content (AvgIpc) is 3.10. The lowest BCUT2D eigenvalue weighted by Crippen LogP contribution is -2.19. The zero-order valence-electron chi connectivity index (χ0n) is 14.4. The normalized spacial score (nSPS) is 16.0. The van der Waals surface area contributed by atoms with E-state index in [2.05, 4.69) is 10.3 Å². The molecule has 0 radical (unpaired) electrons. The van der Waals surface area contributed by atoms with E-state index in [1.54, 1.807) is 29.6 Å². The van der Waals surface area contributed by atoms with Crippen LogP contribution in [0.2, 0.25) is 0 Å². The molecule has 1 aliphatic carbocycles. The molecule has 6 nitrogen and oxygen atoms in total. The molecule has 1 aliphatic rings. The first kappa shape index (κ1) is 18.7. The number of nitrogens with zero attached hydrogens (tertiary/aromatic N) is 1. The Bertz CT molecular complexity index is 828. The third-order valence-electron chi connectivity index (χ3n) is 4.15. The fourth-order valence-corrected chi connectivity index (χ4v) is 5.35. The maximum atomic E-state index is 12.6. The number of ether oxygens (including phenoxy) is 1. The third-order valence-corrected chi connectivity index (χ3v) is 6.76. The number of thiazole rings is 1. The smallest absolute Gasteiger partial charge is 0.308 e. The van der Waals surface area contributed by atoms with Crippen molar-refractivity contribution in [2.24, 2.45) is 0 Å². The maximum absolute atomic E-state index is 12.6. The van der Waals surface area contributed by atoms with Gasteiger partial charge in [0.1, 0.15) is 10.8 Å². The van der Waals surface area contributed by atoms with Gasteiger partial charge >= 0.3 is 5.97 Å². The van der Waals surface area contributed by atoms with Crippen molar-refractivity contribution >= 4 is 39.1 Å². The van der Waals surface area contributed by atoms with E-state index in [9.17, 15) is 13.8 Å². The summed E-state index contributed by atoms with van der Waals surface area (Å²) in [5, 5.41) is 5.48. The third kappa shape index (κ3) is 4.56. The van der Waals surface area contributed by atoms with Crippen LogP contribution in [0, 0.1) is 0 Å². The number of aromatic nitrogens is 1. The predicted molar refractivity (Wildman–Crippen MR) is 101 cm³/mol. The highest BCUT2D eigenvalue weighted by Gasteiger charge is 2.23. The molecule has 2 aromatic rings. The summed E-state index contributed by atoms with van der Waals surface area (Å²) < 4.78 is 17.7. The Kier molecular flexibility index (Phi) is 6.16. The van der Waals surface area contributed by atoms with Gasteiger partial charge in [-0.25, -0.2) is 4.98 Å². The number of amides is 1. The minimum absolute atomic E-state index is 0.152. The van der Waals surface area contributed by atoms with Gasteiger partial charge in [0.05, 0.1) is 16.4 Å². The van der Waals surface area contributed by atoms with Crippen molar-refractivity contribution in [1.82, 2.24) is 4.98 Å². The van der Waals surface area contributed by atoms with E-state index in [4.69, 9.17) is 4.74 Å². The topological polar surface area (TPSA) is 85.4 Å². The van der Waals surface area contributed by atoms with Crippen LogP contribution in [0.4, 0.5) is 5.13 Å². The molecule has 0 spiro atoms. The summed E-state index contributed by atoms with van der Waals surface area (Å²) in [4.78, 5) is 28.0. The van der Waals surface area contributed by atoms with E-state index in [0.717, 1.165) is 25.7 Å². The number of hydrogen-bond donors (Lipinski definition) is 1. The van der Waals surface area contributed by atoms with E-state index >= 15 is 0 Å². The molecule has 1 saturated carbocycles. The number of anilines is 1. The molecule has 8 heteroatoms. The molecule has 1 heterocycles. The molecule has 0 saturated heterocycles. The van der Waals surface area contributed by atoms with Gasteiger partial charge in [-0.2, -0.15) is 0 Å². The number of carbonyl (C=O) groups is 2. The monoisotopic (exact) mass is 392 g/mol. The van der Waals surface area contributed by atoms with Gasteiger partial charge in [0.15, 0.2) is 5.13 Å². The lowest BCUT2D eigenvalue weighted by Gasteiger charge is -2.19. The quantitative estimate of drug-likeness (QED) is 0.618. The average molecular weight is 393 g/mol. The Morgan fingerprint density at radius 2 is 1.96 bits per heavy atom. The molecular weight excluding hydrogens is 372 g/mol. The molecule has 138 valence electrons. The van der Waals surface area contributed by atoms with Crippen molar-refractivity contribution in [3.05, 3.63) is 35.2 Å². The fourth-order valence-electron chi connectivity index (χ4n) is 2.92. The van der Waals surface area contributed by atoms with Crippen LogP contribution in [-0.2, 0) is 15.6 Å². The van der Waals surface area contributed by atoms with E-state index in [1.165, 1.54) is 24.7 Å². The largest absolute Gasteiger partial charge is 0.426 e. The molecule has 1 unspecified atom stereocenters. The van der Waals surface area contributed by atoms with Gasteiger partial charge in [0.25, 0.3) is 5.91 Å². The van der Waals surface area contributed by atoms with Crippen LogP contribution in [-0.4, -0.2) is 26.3 Å². The molecule has 1 N–H and O–H groups in total. The van der Waals surface area contributed by atoms with E-state index in [-0.39, 0.29) is 16.6 Å². The van der Waals surface area contributed by atoms with Crippen LogP contribution >= 0.6 is 11.3 Å². The summed E-state index contributed by atoms with van der Waals surface area (Å²) in [6.45, 7) is 1.28. The van der Waals surface area contributed by atoms with Crippen molar-refractivity contribution in [1.29, 1.82) is 0 Å². The first-order valence-electron chi connectivity index (χ1n) is 8.49. The number of esters is 1.